The van der Waals surface area contributed by atoms with Crippen LogP contribution >= 0.6 is 0 Å². The summed E-state index contributed by atoms with van der Waals surface area (Å²) in [5, 5.41) is 22.4. The normalized spacial score (nSPS) is 16.4. The van der Waals surface area contributed by atoms with Crippen molar-refractivity contribution in [3.05, 3.63) is 84.2 Å². The molecule has 4 N–H and O–H groups in total. The van der Waals surface area contributed by atoms with Crippen molar-refractivity contribution >= 4 is 17.3 Å². The molecule has 2 aromatic carbocycles. The van der Waals surface area contributed by atoms with Crippen molar-refractivity contribution in [3.8, 4) is 34.3 Å². The van der Waals surface area contributed by atoms with Gasteiger partial charge in [0.1, 0.15) is 17.3 Å². The molecule has 5 rings (SSSR count). The van der Waals surface area contributed by atoms with E-state index in [2.05, 4.69) is 31.1 Å². The molecule has 10 nitrogen and oxygen atoms in total. The van der Waals surface area contributed by atoms with Crippen LogP contribution in [0.3, 0.4) is 0 Å². The molecule has 0 spiro atoms. The molecule has 2 atom stereocenters. The molecule has 214 valence electrons. The summed E-state index contributed by atoms with van der Waals surface area (Å²) >= 11 is 0. The Labute approximate surface area is 238 Å². The number of pyridine rings is 1. The minimum atomic E-state index is -3.21. The van der Waals surface area contributed by atoms with Crippen molar-refractivity contribution in [3.63, 3.8) is 0 Å². The fourth-order valence-corrected chi connectivity index (χ4v) is 4.89. The standard InChI is InChI=1S/C29H24F3N7O3/c30-21-2-1-3-25(42-29(31)32)26(21)27-36-9-7-23(37-27)28(41)38-22-5-4-16(20-13-35-8-6-17(20)12-33)10-24(22)39-14-18(34)11-19(39)15-40/h1-10,13,18-19,29,40H,11,14-15,34H2,(H,38,41). The molecule has 1 aliphatic rings. The van der Waals surface area contributed by atoms with Gasteiger partial charge in [-0.1, -0.05) is 12.1 Å². The number of nitriles is 1. The first-order valence-electron chi connectivity index (χ1n) is 12.8. The molecule has 0 saturated carbocycles. The summed E-state index contributed by atoms with van der Waals surface area (Å²) < 4.78 is 44.9. The Bertz CT molecular complexity index is 1660. The number of alkyl halides is 2. The van der Waals surface area contributed by atoms with Gasteiger partial charge in [0.15, 0.2) is 5.82 Å². The van der Waals surface area contributed by atoms with Crippen molar-refractivity contribution in [1.82, 2.24) is 15.0 Å². The molecule has 1 fully saturated rings. The summed E-state index contributed by atoms with van der Waals surface area (Å²) in [6.45, 7) is -2.99. The number of carbonyl (C=O) groups is 1. The van der Waals surface area contributed by atoms with E-state index in [1.54, 1.807) is 30.5 Å². The zero-order valence-electron chi connectivity index (χ0n) is 21.9. The molecule has 1 amide bonds. The lowest BCUT2D eigenvalue weighted by Crippen LogP contribution is -2.33. The van der Waals surface area contributed by atoms with Crippen molar-refractivity contribution < 1.29 is 27.8 Å². The number of amides is 1. The van der Waals surface area contributed by atoms with Gasteiger partial charge in [0.2, 0.25) is 0 Å². The Morgan fingerprint density at radius 3 is 2.83 bits per heavy atom. The number of rotatable bonds is 8. The molecule has 13 heteroatoms. The predicted molar refractivity (Wildman–Crippen MR) is 147 cm³/mol. The molecule has 2 unspecified atom stereocenters. The number of anilines is 2. The summed E-state index contributed by atoms with van der Waals surface area (Å²) in [5.74, 6) is -2.40. The van der Waals surface area contributed by atoms with E-state index in [9.17, 15) is 28.3 Å². The number of carbonyl (C=O) groups excluding carboxylic acids is 1. The van der Waals surface area contributed by atoms with Crippen LogP contribution in [0.5, 0.6) is 5.75 Å². The average Bonchev–Trinajstić information content (AvgIpc) is 3.37. The van der Waals surface area contributed by atoms with Crippen molar-refractivity contribution in [1.29, 1.82) is 5.26 Å². The van der Waals surface area contributed by atoms with E-state index in [0.29, 0.717) is 41.0 Å². The van der Waals surface area contributed by atoms with Crippen molar-refractivity contribution in [2.75, 3.05) is 23.4 Å². The first kappa shape index (κ1) is 28.5. The first-order valence-corrected chi connectivity index (χ1v) is 12.8. The van der Waals surface area contributed by atoms with Gasteiger partial charge < -0.3 is 25.8 Å². The van der Waals surface area contributed by atoms with Crippen LogP contribution < -0.4 is 20.7 Å². The topological polar surface area (TPSA) is 150 Å². The van der Waals surface area contributed by atoms with Gasteiger partial charge in [-0.25, -0.2) is 14.4 Å². The van der Waals surface area contributed by atoms with Crippen LogP contribution in [0.25, 0.3) is 22.5 Å². The highest BCUT2D eigenvalue weighted by molar-refractivity contribution is 6.05. The zero-order chi connectivity index (χ0) is 29.8. The smallest absolute Gasteiger partial charge is 0.387 e. The molecular formula is C29H24F3N7O3. The Kier molecular flexibility index (Phi) is 8.28. The second-order valence-corrected chi connectivity index (χ2v) is 9.46. The molecular weight excluding hydrogens is 551 g/mol. The quantitative estimate of drug-likeness (QED) is 0.284. The fraction of sp³-hybridized carbons (Fsp3) is 0.207. The van der Waals surface area contributed by atoms with E-state index in [1.165, 1.54) is 24.5 Å². The highest BCUT2D eigenvalue weighted by Crippen LogP contribution is 2.37. The van der Waals surface area contributed by atoms with Crippen LogP contribution in [0, 0.1) is 17.1 Å². The minimum Gasteiger partial charge on any atom is -0.434 e. The molecule has 2 aromatic heterocycles. The number of nitrogens with two attached hydrogens (primary N) is 1. The maximum Gasteiger partial charge on any atom is 0.387 e. The van der Waals surface area contributed by atoms with Crippen LogP contribution in [-0.2, 0) is 0 Å². The third-order valence-corrected chi connectivity index (χ3v) is 6.77. The molecule has 0 aliphatic carbocycles. The number of hydrogen-bond donors (Lipinski definition) is 3. The predicted octanol–water partition coefficient (Wildman–Crippen LogP) is 3.97. The average molecular weight is 576 g/mol. The number of benzene rings is 2. The van der Waals surface area contributed by atoms with E-state index in [-0.39, 0.29) is 30.2 Å². The molecule has 1 saturated heterocycles. The van der Waals surface area contributed by atoms with Crippen LogP contribution in [0.2, 0.25) is 0 Å². The lowest BCUT2D eigenvalue weighted by atomic mass is 10.0. The monoisotopic (exact) mass is 575 g/mol. The maximum absolute atomic E-state index is 14.7. The first-order chi connectivity index (χ1) is 20.3. The highest BCUT2D eigenvalue weighted by atomic mass is 19.3. The van der Waals surface area contributed by atoms with Gasteiger partial charge in [0.05, 0.1) is 41.2 Å². The maximum atomic E-state index is 14.7. The third kappa shape index (κ3) is 5.85. The summed E-state index contributed by atoms with van der Waals surface area (Å²) in [5.41, 5.74) is 8.14. The SMILES string of the molecule is N#Cc1ccncc1-c1ccc(NC(=O)c2ccnc(-c3c(F)cccc3OC(F)F)n2)c(N2CC(N)CC2CO)c1. The molecule has 0 radical (unpaired) electrons. The van der Waals surface area contributed by atoms with Crippen LogP contribution in [0.15, 0.2) is 67.1 Å². The number of aromatic nitrogens is 3. The summed E-state index contributed by atoms with van der Waals surface area (Å²) in [6.07, 6.45) is 4.79. The number of nitrogens with zero attached hydrogens (tertiary/aromatic N) is 5. The number of hydrogen-bond acceptors (Lipinski definition) is 9. The van der Waals surface area contributed by atoms with Crippen LogP contribution in [-0.4, -0.2) is 57.8 Å². The highest BCUT2D eigenvalue weighted by Gasteiger charge is 2.32. The number of nitrogens with one attached hydrogen (secondary N) is 1. The summed E-state index contributed by atoms with van der Waals surface area (Å²) in [7, 11) is 0. The van der Waals surface area contributed by atoms with Gasteiger partial charge in [-0.05, 0) is 48.4 Å². The summed E-state index contributed by atoms with van der Waals surface area (Å²) in [4.78, 5) is 27.5. The molecule has 42 heavy (non-hydrogen) atoms. The van der Waals surface area contributed by atoms with Gasteiger partial charge in [0.25, 0.3) is 5.91 Å². The van der Waals surface area contributed by atoms with E-state index in [0.717, 1.165) is 12.1 Å². The summed E-state index contributed by atoms with van der Waals surface area (Å²) in [6, 6.07) is 13.0. The van der Waals surface area contributed by atoms with Crippen LogP contribution in [0.4, 0.5) is 24.5 Å². The van der Waals surface area contributed by atoms with Gasteiger partial charge >= 0.3 is 6.61 Å². The molecule has 1 aliphatic heterocycles. The second-order valence-electron chi connectivity index (χ2n) is 9.46. The van der Waals surface area contributed by atoms with Crippen molar-refractivity contribution in [2.24, 2.45) is 5.73 Å². The Morgan fingerprint density at radius 2 is 2.07 bits per heavy atom. The van der Waals surface area contributed by atoms with E-state index in [4.69, 9.17) is 5.73 Å². The molecule has 4 aromatic rings. The largest absolute Gasteiger partial charge is 0.434 e. The van der Waals surface area contributed by atoms with Gasteiger partial charge in [-0.15, -0.1) is 0 Å². The molecule has 0 bridgehead atoms. The number of aliphatic hydroxyl groups excluding tert-OH is 1. The van der Waals surface area contributed by atoms with E-state index < -0.39 is 29.6 Å². The van der Waals surface area contributed by atoms with E-state index in [1.807, 2.05) is 4.90 Å². The van der Waals surface area contributed by atoms with Crippen LogP contribution in [0.1, 0.15) is 22.5 Å². The van der Waals surface area contributed by atoms with Gasteiger partial charge in [-0.2, -0.15) is 14.0 Å². The Hall–Kier alpha value is -5.06. The van der Waals surface area contributed by atoms with E-state index >= 15 is 0 Å². The lowest BCUT2D eigenvalue weighted by Gasteiger charge is -2.28. The Balaban J connectivity index is 1.52. The zero-order valence-corrected chi connectivity index (χ0v) is 21.9. The van der Waals surface area contributed by atoms with Gasteiger partial charge in [-0.3, -0.25) is 9.78 Å². The minimum absolute atomic E-state index is 0.169. The van der Waals surface area contributed by atoms with Gasteiger partial charge in [0, 0.05) is 36.7 Å². The van der Waals surface area contributed by atoms with Crippen molar-refractivity contribution in [2.45, 2.75) is 25.1 Å². The number of aliphatic hydroxyl groups is 1. The Morgan fingerprint density at radius 1 is 1.24 bits per heavy atom. The lowest BCUT2D eigenvalue weighted by molar-refractivity contribution is -0.0496. The number of halogens is 3. The second kappa shape index (κ2) is 12.2. The third-order valence-electron chi connectivity index (χ3n) is 6.77. The number of ether oxygens (including phenoxy) is 1. The molecule has 3 heterocycles. The fourth-order valence-electron chi connectivity index (χ4n) is 4.89.